The van der Waals surface area contributed by atoms with Gasteiger partial charge in [-0.1, -0.05) is 42.5 Å². The molecule has 5 rings (SSSR count). The van der Waals surface area contributed by atoms with E-state index in [4.69, 9.17) is 0 Å². The third-order valence-corrected chi connectivity index (χ3v) is 6.07. The molecule has 1 saturated heterocycles. The van der Waals surface area contributed by atoms with Crippen LogP contribution in [0.25, 0.3) is 11.1 Å². The number of likely N-dealkylation sites (tertiary alicyclic amines) is 1. The first-order valence-electron chi connectivity index (χ1n) is 10.2. The van der Waals surface area contributed by atoms with Gasteiger partial charge in [-0.05, 0) is 60.5 Å². The van der Waals surface area contributed by atoms with Crippen LogP contribution < -0.4 is 5.56 Å². The van der Waals surface area contributed by atoms with Gasteiger partial charge >= 0.3 is 0 Å². The van der Waals surface area contributed by atoms with Crippen molar-refractivity contribution in [3.05, 3.63) is 87.1 Å². The molecule has 4 heteroatoms. The van der Waals surface area contributed by atoms with Gasteiger partial charge < -0.3 is 4.98 Å². The molecule has 2 aromatic carbocycles. The summed E-state index contributed by atoms with van der Waals surface area (Å²) in [5.41, 5.74) is 7.93. The van der Waals surface area contributed by atoms with E-state index in [-0.39, 0.29) is 5.56 Å². The molecule has 142 valence electrons. The Morgan fingerprint density at radius 3 is 2.86 bits per heavy atom. The van der Waals surface area contributed by atoms with Crippen LogP contribution in [-0.2, 0) is 13.0 Å². The van der Waals surface area contributed by atoms with Gasteiger partial charge in [0.05, 0.1) is 5.69 Å². The van der Waals surface area contributed by atoms with Crippen LogP contribution in [0, 0.1) is 6.92 Å². The number of nitrogens with zero attached hydrogens (tertiary/aromatic N) is 2. The van der Waals surface area contributed by atoms with Crippen LogP contribution in [-0.4, -0.2) is 28.0 Å². The zero-order valence-corrected chi connectivity index (χ0v) is 16.2. The van der Waals surface area contributed by atoms with Crippen LogP contribution in [0.3, 0.4) is 0 Å². The standard InChI is InChI=1S/C24H25N3O/c1-16-25-23(13-24(28)26-16)19-6-4-10-27(15-19)14-17-8-9-22-20(11-17)12-18-5-2-3-7-21(18)22/h2-3,5,7-9,11,13,19H,4,6,10,12,14-15H2,1H3,(H,25,26,28). The van der Waals surface area contributed by atoms with Gasteiger partial charge in [0.15, 0.2) is 0 Å². The number of H-pyrrole nitrogens is 1. The second-order valence-corrected chi connectivity index (χ2v) is 8.16. The number of fused-ring (bicyclic) bond motifs is 3. The van der Waals surface area contributed by atoms with Crippen molar-refractivity contribution in [2.24, 2.45) is 0 Å². The highest BCUT2D eigenvalue weighted by molar-refractivity contribution is 5.76. The summed E-state index contributed by atoms with van der Waals surface area (Å²) < 4.78 is 0. The van der Waals surface area contributed by atoms with Crippen molar-refractivity contribution >= 4 is 0 Å². The van der Waals surface area contributed by atoms with E-state index in [0.717, 1.165) is 44.6 Å². The summed E-state index contributed by atoms with van der Waals surface area (Å²) in [5, 5.41) is 0. The summed E-state index contributed by atoms with van der Waals surface area (Å²) >= 11 is 0. The first-order chi connectivity index (χ1) is 13.7. The smallest absolute Gasteiger partial charge is 0.251 e. The van der Waals surface area contributed by atoms with E-state index in [9.17, 15) is 4.79 Å². The van der Waals surface area contributed by atoms with Crippen LogP contribution >= 0.6 is 0 Å². The van der Waals surface area contributed by atoms with Crippen molar-refractivity contribution in [2.75, 3.05) is 13.1 Å². The van der Waals surface area contributed by atoms with Gasteiger partial charge in [-0.15, -0.1) is 0 Å². The van der Waals surface area contributed by atoms with E-state index in [2.05, 4.69) is 57.3 Å². The number of benzene rings is 2. The number of hydrogen-bond acceptors (Lipinski definition) is 3. The fourth-order valence-corrected chi connectivity index (χ4v) is 4.81. The van der Waals surface area contributed by atoms with Crippen LogP contribution in [0.2, 0.25) is 0 Å². The van der Waals surface area contributed by atoms with Crippen molar-refractivity contribution in [1.82, 2.24) is 14.9 Å². The minimum atomic E-state index is -0.0437. The van der Waals surface area contributed by atoms with Crippen LogP contribution in [0.1, 0.15) is 47.0 Å². The topological polar surface area (TPSA) is 49.0 Å². The highest BCUT2D eigenvalue weighted by atomic mass is 16.1. The van der Waals surface area contributed by atoms with Gasteiger partial charge in [0.2, 0.25) is 0 Å². The average molecular weight is 371 g/mol. The van der Waals surface area contributed by atoms with Crippen LogP contribution in [0.4, 0.5) is 0 Å². The van der Waals surface area contributed by atoms with Crippen molar-refractivity contribution in [3.8, 4) is 11.1 Å². The first-order valence-corrected chi connectivity index (χ1v) is 10.2. The van der Waals surface area contributed by atoms with Gasteiger partial charge in [-0.25, -0.2) is 4.98 Å². The highest BCUT2D eigenvalue weighted by Crippen LogP contribution is 2.37. The summed E-state index contributed by atoms with van der Waals surface area (Å²) in [7, 11) is 0. The molecule has 1 aliphatic heterocycles. The van der Waals surface area contributed by atoms with Gasteiger partial charge in [0.1, 0.15) is 5.82 Å². The Kier molecular flexibility index (Phi) is 4.36. The fourth-order valence-electron chi connectivity index (χ4n) is 4.81. The van der Waals surface area contributed by atoms with Gasteiger partial charge in [-0.2, -0.15) is 0 Å². The number of piperidine rings is 1. The van der Waals surface area contributed by atoms with E-state index in [1.807, 2.05) is 6.92 Å². The molecule has 1 aliphatic carbocycles. The van der Waals surface area contributed by atoms with E-state index < -0.39 is 0 Å². The second-order valence-electron chi connectivity index (χ2n) is 8.16. The maximum absolute atomic E-state index is 11.8. The van der Waals surface area contributed by atoms with E-state index >= 15 is 0 Å². The molecule has 0 saturated carbocycles. The molecule has 0 spiro atoms. The highest BCUT2D eigenvalue weighted by Gasteiger charge is 2.24. The SMILES string of the molecule is Cc1nc(C2CCCN(Cc3ccc4c(c3)Cc3ccccc3-4)C2)cc(=O)[nH]1. The molecule has 2 heterocycles. The van der Waals surface area contributed by atoms with E-state index in [0.29, 0.717) is 11.7 Å². The predicted octanol–water partition coefficient (Wildman–Crippen LogP) is 4.03. The molecule has 0 bridgehead atoms. The molecular formula is C24H25N3O. The summed E-state index contributed by atoms with van der Waals surface area (Å²) in [5.74, 6) is 1.05. The van der Waals surface area contributed by atoms with E-state index in [1.165, 1.54) is 27.8 Å². The normalized spacial score (nSPS) is 18.7. The summed E-state index contributed by atoms with van der Waals surface area (Å²) in [6.07, 6.45) is 3.29. The Morgan fingerprint density at radius 1 is 1.11 bits per heavy atom. The Labute approximate surface area is 165 Å². The second kappa shape index (κ2) is 7.02. The minimum absolute atomic E-state index is 0.0437. The molecule has 1 aromatic heterocycles. The molecule has 28 heavy (non-hydrogen) atoms. The third-order valence-electron chi connectivity index (χ3n) is 6.07. The number of nitrogens with one attached hydrogen (secondary N) is 1. The molecule has 0 amide bonds. The number of aryl methyl sites for hydroxylation is 1. The number of rotatable bonds is 3. The van der Waals surface area contributed by atoms with Crippen LogP contribution in [0.5, 0.6) is 0 Å². The Morgan fingerprint density at radius 2 is 1.96 bits per heavy atom. The lowest BCUT2D eigenvalue weighted by atomic mass is 9.94. The molecule has 2 aliphatic rings. The molecule has 1 atom stereocenters. The van der Waals surface area contributed by atoms with Crippen molar-refractivity contribution in [3.63, 3.8) is 0 Å². The number of hydrogen-bond donors (Lipinski definition) is 1. The summed E-state index contributed by atoms with van der Waals surface area (Å²) in [6.45, 7) is 4.89. The molecule has 3 aromatic rings. The molecule has 1 N–H and O–H groups in total. The predicted molar refractivity (Wildman–Crippen MR) is 112 cm³/mol. The van der Waals surface area contributed by atoms with Gasteiger partial charge in [-0.3, -0.25) is 9.69 Å². The minimum Gasteiger partial charge on any atom is -0.311 e. The fraction of sp³-hybridized carbons (Fsp3) is 0.333. The van der Waals surface area contributed by atoms with Crippen molar-refractivity contribution in [2.45, 2.75) is 38.6 Å². The lowest BCUT2D eigenvalue weighted by Gasteiger charge is -2.32. The first kappa shape index (κ1) is 17.4. The molecule has 4 nitrogen and oxygen atoms in total. The van der Waals surface area contributed by atoms with Gasteiger partial charge in [0, 0.05) is 25.1 Å². The van der Waals surface area contributed by atoms with Gasteiger partial charge in [0.25, 0.3) is 5.56 Å². The largest absolute Gasteiger partial charge is 0.311 e. The third kappa shape index (κ3) is 3.29. The lowest BCUT2D eigenvalue weighted by molar-refractivity contribution is 0.198. The molecule has 1 fully saturated rings. The maximum atomic E-state index is 11.8. The Hall–Kier alpha value is -2.72. The average Bonchev–Trinajstić information content (AvgIpc) is 3.05. The van der Waals surface area contributed by atoms with Crippen LogP contribution in [0.15, 0.2) is 53.3 Å². The Bertz CT molecular complexity index is 1090. The molecular weight excluding hydrogens is 346 g/mol. The lowest BCUT2D eigenvalue weighted by Crippen LogP contribution is -2.34. The molecule has 1 unspecified atom stereocenters. The maximum Gasteiger partial charge on any atom is 0.251 e. The Balaban J connectivity index is 1.33. The van der Waals surface area contributed by atoms with Crippen molar-refractivity contribution in [1.29, 1.82) is 0 Å². The summed E-state index contributed by atoms with van der Waals surface area (Å²) in [4.78, 5) is 21.7. The van der Waals surface area contributed by atoms with Crippen molar-refractivity contribution < 1.29 is 0 Å². The van der Waals surface area contributed by atoms with E-state index in [1.54, 1.807) is 6.07 Å². The molecule has 0 radical (unpaired) electrons. The number of aromatic nitrogens is 2. The quantitative estimate of drug-likeness (QED) is 0.591. The monoisotopic (exact) mass is 371 g/mol. The summed E-state index contributed by atoms with van der Waals surface area (Å²) in [6, 6.07) is 17.3. The zero-order chi connectivity index (χ0) is 19.1. The zero-order valence-electron chi connectivity index (χ0n) is 16.2. The number of aromatic amines is 1.